The van der Waals surface area contributed by atoms with Gasteiger partial charge in [-0.2, -0.15) is 0 Å². The van der Waals surface area contributed by atoms with Gasteiger partial charge in [0.05, 0.1) is 0 Å². The van der Waals surface area contributed by atoms with Gasteiger partial charge in [0.25, 0.3) is 0 Å². The first-order chi connectivity index (χ1) is 7.13. The molecule has 0 aliphatic heterocycles. The molecule has 15 heavy (non-hydrogen) atoms. The minimum Gasteiger partial charge on any atom is -0.324 e. The summed E-state index contributed by atoms with van der Waals surface area (Å²) >= 11 is 0. The maximum absolute atomic E-state index is 6.19. The Balaban J connectivity index is 2.33. The molecule has 1 atom stereocenters. The Bertz CT molecular complexity index is 195. The van der Waals surface area contributed by atoms with E-state index >= 15 is 0 Å². The van der Waals surface area contributed by atoms with E-state index in [4.69, 9.17) is 5.73 Å². The zero-order valence-corrected chi connectivity index (χ0v) is 10.6. The van der Waals surface area contributed by atoms with E-state index < -0.39 is 0 Å². The van der Waals surface area contributed by atoms with E-state index in [0.29, 0.717) is 6.04 Å². The summed E-state index contributed by atoms with van der Waals surface area (Å²) in [7, 11) is 0. The van der Waals surface area contributed by atoms with Crippen LogP contribution in [-0.2, 0) is 0 Å². The van der Waals surface area contributed by atoms with E-state index in [-0.39, 0.29) is 0 Å². The van der Waals surface area contributed by atoms with Gasteiger partial charge in [-0.25, -0.2) is 0 Å². The Labute approximate surface area is 95.1 Å². The van der Waals surface area contributed by atoms with Crippen LogP contribution in [0.2, 0.25) is 0 Å². The van der Waals surface area contributed by atoms with Gasteiger partial charge in [0.1, 0.15) is 0 Å². The van der Waals surface area contributed by atoms with Crippen LogP contribution in [0.3, 0.4) is 0 Å². The summed E-state index contributed by atoms with van der Waals surface area (Å²) in [5.41, 5.74) is 7.55. The first-order valence-electron chi connectivity index (χ1n) is 6.54. The van der Waals surface area contributed by atoms with Crippen LogP contribution in [0.1, 0.15) is 59.3 Å². The Morgan fingerprint density at radius 2 is 1.87 bits per heavy atom. The third kappa shape index (κ3) is 4.38. The number of rotatable bonds is 4. The van der Waals surface area contributed by atoms with Crippen LogP contribution in [0.4, 0.5) is 0 Å². The molecule has 1 aliphatic rings. The average molecular weight is 209 g/mol. The standard InChI is InChI=1S/C14H27N/c1-4-5-12-6-8-13(9-7-12)14(15)10-11(2)3/h10,12-14H,4-9,15H2,1-3H3. The lowest BCUT2D eigenvalue weighted by Crippen LogP contribution is -2.31. The molecule has 0 aromatic rings. The summed E-state index contributed by atoms with van der Waals surface area (Å²) in [6.07, 6.45) is 10.5. The lowest BCUT2D eigenvalue weighted by molar-refractivity contribution is 0.248. The maximum Gasteiger partial charge on any atom is 0.0254 e. The molecule has 1 unspecified atom stereocenters. The van der Waals surface area contributed by atoms with Gasteiger partial charge in [-0.05, 0) is 38.5 Å². The Kier molecular flexibility index (Phi) is 5.38. The molecule has 1 nitrogen and oxygen atoms in total. The fourth-order valence-electron chi connectivity index (χ4n) is 2.79. The molecular weight excluding hydrogens is 182 g/mol. The topological polar surface area (TPSA) is 26.0 Å². The SMILES string of the molecule is CCCC1CCC(C(N)C=C(C)C)CC1. The minimum atomic E-state index is 0.303. The van der Waals surface area contributed by atoms with Gasteiger partial charge < -0.3 is 5.73 Å². The first kappa shape index (κ1) is 12.8. The molecule has 1 saturated carbocycles. The minimum absolute atomic E-state index is 0.303. The molecule has 1 aliphatic carbocycles. The van der Waals surface area contributed by atoms with Gasteiger partial charge in [-0.15, -0.1) is 0 Å². The number of nitrogens with two attached hydrogens (primary N) is 1. The van der Waals surface area contributed by atoms with Crippen LogP contribution in [0.15, 0.2) is 11.6 Å². The summed E-state index contributed by atoms with van der Waals surface area (Å²) in [5.74, 6) is 1.73. The van der Waals surface area contributed by atoms with Crippen LogP contribution in [-0.4, -0.2) is 6.04 Å². The molecule has 1 rings (SSSR count). The molecule has 88 valence electrons. The van der Waals surface area contributed by atoms with Crippen molar-refractivity contribution in [2.75, 3.05) is 0 Å². The molecule has 1 fully saturated rings. The van der Waals surface area contributed by atoms with E-state index in [0.717, 1.165) is 11.8 Å². The van der Waals surface area contributed by atoms with Gasteiger partial charge in [-0.1, -0.05) is 44.3 Å². The van der Waals surface area contributed by atoms with Crippen molar-refractivity contribution in [3.05, 3.63) is 11.6 Å². The summed E-state index contributed by atoms with van der Waals surface area (Å²) in [4.78, 5) is 0. The number of hydrogen-bond donors (Lipinski definition) is 1. The molecule has 0 bridgehead atoms. The summed E-state index contributed by atoms with van der Waals surface area (Å²) < 4.78 is 0. The number of hydrogen-bond acceptors (Lipinski definition) is 1. The van der Waals surface area contributed by atoms with E-state index in [2.05, 4.69) is 26.8 Å². The zero-order valence-electron chi connectivity index (χ0n) is 10.6. The van der Waals surface area contributed by atoms with Gasteiger partial charge in [0.15, 0.2) is 0 Å². The molecule has 0 heterocycles. The van der Waals surface area contributed by atoms with Crippen molar-refractivity contribution < 1.29 is 0 Å². The van der Waals surface area contributed by atoms with Crippen molar-refractivity contribution in [1.82, 2.24) is 0 Å². The summed E-state index contributed by atoms with van der Waals surface area (Å²) in [5, 5.41) is 0. The second-order valence-electron chi connectivity index (χ2n) is 5.39. The van der Waals surface area contributed by atoms with Gasteiger partial charge in [0, 0.05) is 6.04 Å². The molecule has 1 heteroatoms. The van der Waals surface area contributed by atoms with Gasteiger partial charge in [0.2, 0.25) is 0 Å². The molecular formula is C14H27N. The van der Waals surface area contributed by atoms with Crippen LogP contribution < -0.4 is 5.73 Å². The third-order valence-electron chi connectivity index (χ3n) is 3.66. The molecule has 0 saturated heterocycles. The third-order valence-corrected chi connectivity index (χ3v) is 3.66. The normalized spacial score (nSPS) is 28.5. The van der Waals surface area contributed by atoms with Crippen molar-refractivity contribution in [2.24, 2.45) is 17.6 Å². The van der Waals surface area contributed by atoms with Crippen molar-refractivity contribution in [2.45, 2.75) is 65.3 Å². The smallest absolute Gasteiger partial charge is 0.0254 e. The summed E-state index contributed by atoms with van der Waals surface area (Å²) in [6, 6.07) is 0.303. The van der Waals surface area contributed by atoms with E-state index in [1.807, 2.05) is 0 Å². The van der Waals surface area contributed by atoms with Crippen LogP contribution >= 0.6 is 0 Å². The van der Waals surface area contributed by atoms with Crippen molar-refractivity contribution >= 4 is 0 Å². The Morgan fingerprint density at radius 1 is 1.27 bits per heavy atom. The predicted octanol–water partition coefficient (Wildman–Crippen LogP) is 3.89. The maximum atomic E-state index is 6.19. The highest BCUT2D eigenvalue weighted by atomic mass is 14.6. The average Bonchev–Trinajstić information content (AvgIpc) is 2.18. The van der Waals surface area contributed by atoms with Crippen LogP contribution in [0, 0.1) is 11.8 Å². The highest BCUT2D eigenvalue weighted by Crippen LogP contribution is 2.33. The van der Waals surface area contributed by atoms with Crippen molar-refractivity contribution in [3.63, 3.8) is 0 Å². The van der Waals surface area contributed by atoms with Gasteiger partial charge in [-0.3, -0.25) is 0 Å². The van der Waals surface area contributed by atoms with Crippen LogP contribution in [0.5, 0.6) is 0 Å². The predicted molar refractivity (Wildman–Crippen MR) is 67.8 cm³/mol. The molecule has 0 radical (unpaired) electrons. The number of allylic oxidation sites excluding steroid dienone is 1. The van der Waals surface area contributed by atoms with Crippen LogP contribution in [0.25, 0.3) is 0 Å². The second kappa shape index (κ2) is 6.32. The first-order valence-corrected chi connectivity index (χ1v) is 6.54. The molecule has 0 aromatic heterocycles. The lowest BCUT2D eigenvalue weighted by Gasteiger charge is -2.31. The molecule has 0 amide bonds. The highest BCUT2D eigenvalue weighted by molar-refractivity contribution is 5.02. The monoisotopic (exact) mass is 209 g/mol. The summed E-state index contributed by atoms with van der Waals surface area (Å²) in [6.45, 7) is 6.58. The quantitative estimate of drug-likeness (QED) is 0.698. The highest BCUT2D eigenvalue weighted by Gasteiger charge is 2.23. The van der Waals surface area contributed by atoms with Crippen molar-refractivity contribution in [1.29, 1.82) is 0 Å². The lowest BCUT2D eigenvalue weighted by atomic mass is 9.77. The fourth-order valence-corrected chi connectivity index (χ4v) is 2.79. The Morgan fingerprint density at radius 3 is 2.33 bits per heavy atom. The van der Waals surface area contributed by atoms with Gasteiger partial charge >= 0.3 is 0 Å². The molecule has 0 spiro atoms. The van der Waals surface area contributed by atoms with E-state index in [9.17, 15) is 0 Å². The van der Waals surface area contributed by atoms with E-state index in [1.165, 1.54) is 44.1 Å². The van der Waals surface area contributed by atoms with E-state index in [1.54, 1.807) is 0 Å². The zero-order chi connectivity index (χ0) is 11.3. The Hall–Kier alpha value is -0.300. The molecule has 0 aromatic carbocycles. The largest absolute Gasteiger partial charge is 0.324 e. The fraction of sp³-hybridized carbons (Fsp3) is 0.857. The second-order valence-corrected chi connectivity index (χ2v) is 5.39. The molecule has 2 N–H and O–H groups in total. The van der Waals surface area contributed by atoms with Crippen molar-refractivity contribution in [3.8, 4) is 0 Å².